The standard InChI is InChI=1S/C18H16BrCl3N2O3S/c19-12-3-5-13(6-4-12)28(26,27)24-7-1-2-11(10-24)18(25)23-17-9-15(21)14(20)8-16(17)22/h3-6,8-9,11H,1-2,7,10H2,(H,23,25)/t11-/m0/s1. The van der Waals surface area contributed by atoms with Crippen LogP contribution in [-0.4, -0.2) is 31.7 Å². The summed E-state index contributed by atoms with van der Waals surface area (Å²) in [6.45, 7) is 0.471. The summed E-state index contributed by atoms with van der Waals surface area (Å²) >= 11 is 21.3. The number of halogens is 4. The highest BCUT2D eigenvalue weighted by Crippen LogP contribution is 2.33. The van der Waals surface area contributed by atoms with Crippen molar-refractivity contribution in [3.05, 3.63) is 55.9 Å². The van der Waals surface area contributed by atoms with Gasteiger partial charge in [0.25, 0.3) is 0 Å². The first-order chi connectivity index (χ1) is 13.2. The lowest BCUT2D eigenvalue weighted by Gasteiger charge is -2.31. The summed E-state index contributed by atoms with van der Waals surface area (Å²) in [6, 6.07) is 9.35. The maximum Gasteiger partial charge on any atom is 0.243 e. The molecule has 0 aliphatic carbocycles. The van der Waals surface area contributed by atoms with Crippen LogP contribution in [0.4, 0.5) is 5.69 Å². The second-order valence-corrected chi connectivity index (χ2v) is 10.5. The number of nitrogens with zero attached hydrogens (tertiary/aromatic N) is 1. The summed E-state index contributed by atoms with van der Waals surface area (Å²) in [5.41, 5.74) is 0.342. The predicted molar refractivity (Wildman–Crippen MR) is 116 cm³/mol. The van der Waals surface area contributed by atoms with Gasteiger partial charge in [-0.25, -0.2) is 8.42 Å². The molecule has 0 unspecified atom stereocenters. The lowest BCUT2D eigenvalue weighted by Crippen LogP contribution is -2.43. The number of benzene rings is 2. The zero-order valence-corrected chi connectivity index (χ0v) is 19.1. The molecule has 1 saturated heterocycles. The molecule has 1 aliphatic heterocycles. The van der Waals surface area contributed by atoms with E-state index < -0.39 is 15.9 Å². The average molecular weight is 527 g/mol. The molecule has 0 aromatic heterocycles. The molecule has 0 saturated carbocycles. The number of piperidine rings is 1. The Bertz CT molecular complexity index is 1000. The Balaban J connectivity index is 1.75. The highest BCUT2D eigenvalue weighted by atomic mass is 79.9. The fraction of sp³-hybridized carbons (Fsp3) is 0.278. The second kappa shape index (κ2) is 8.90. The molecular formula is C18H16BrCl3N2O3S. The van der Waals surface area contributed by atoms with E-state index in [9.17, 15) is 13.2 Å². The normalized spacial score (nSPS) is 18.1. The van der Waals surface area contributed by atoms with Gasteiger partial charge in [0.05, 0.1) is 31.6 Å². The minimum absolute atomic E-state index is 0.100. The molecular weight excluding hydrogens is 511 g/mol. The Kier molecular flexibility index (Phi) is 6.95. The van der Waals surface area contributed by atoms with Crippen LogP contribution in [-0.2, 0) is 14.8 Å². The lowest BCUT2D eigenvalue weighted by atomic mass is 9.98. The number of hydrogen-bond acceptors (Lipinski definition) is 3. The number of hydrogen-bond donors (Lipinski definition) is 1. The monoisotopic (exact) mass is 524 g/mol. The van der Waals surface area contributed by atoms with E-state index in [1.165, 1.54) is 16.4 Å². The van der Waals surface area contributed by atoms with Crippen molar-refractivity contribution in [3.8, 4) is 0 Å². The molecule has 1 heterocycles. The number of carbonyl (C=O) groups excluding carboxylic acids is 1. The van der Waals surface area contributed by atoms with Crippen molar-refractivity contribution in [1.82, 2.24) is 4.31 Å². The molecule has 0 radical (unpaired) electrons. The maximum atomic E-state index is 12.9. The third kappa shape index (κ3) is 4.83. The molecule has 28 heavy (non-hydrogen) atoms. The molecule has 1 N–H and O–H groups in total. The topological polar surface area (TPSA) is 66.5 Å². The van der Waals surface area contributed by atoms with Crippen LogP contribution in [0.3, 0.4) is 0 Å². The summed E-state index contributed by atoms with van der Waals surface area (Å²) in [4.78, 5) is 12.9. The molecule has 5 nitrogen and oxygen atoms in total. The second-order valence-electron chi connectivity index (χ2n) is 6.39. The summed E-state index contributed by atoms with van der Waals surface area (Å²) in [5.74, 6) is -0.805. The average Bonchev–Trinajstić information content (AvgIpc) is 2.66. The van der Waals surface area contributed by atoms with Gasteiger partial charge in [-0.1, -0.05) is 50.7 Å². The molecule has 2 aromatic rings. The first-order valence-electron chi connectivity index (χ1n) is 8.39. The third-order valence-corrected chi connectivity index (χ3v) is 7.92. The van der Waals surface area contributed by atoms with Gasteiger partial charge in [0.15, 0.2) is 0 Å². The van der Waals surface area contributed by atoms with Crippen LogP contribution in [0, 0.1) is 5.92 Å². The Hall–Kier alpha value is -0.830. The first-order valence-corrected chi connectivity index (χ1v) is 11.8. The number of anilines is 1. The van der Waals surface area contributed by atoms with Gasteiger partial charge in [-0.05, 0) is 49.2 Å². The molecule has 150 valence electrons. The Morgan fingerprint density at radius 3 is 2.39 bits per heavy atom. The molecule has 1 fully saturated rings. The summed E-state index contributed by atoms with van der Waals surface area (Å²) < 4.78 is 27.9. The maximum absolute atomic E-state index is 12.9. The number of carbonyl (C=O) groups is 1. The third-order valence-electron chi connectivity index (χ3n) is 4.47. The fourth-order valence-corrected chi connectivity index (χ4v) is 5.37. The van der Waals surface area contributed by atoms with Gasteiger partial charge in [-0.3, -0.25) is 4.79 Å². The Morgan fingerprint density at radius 2 is 1.71 bits per heavy atom. The van der Waals surface area contributed by atoms with Crippen molar-refractivity contribution in [1.29, 1.82) is 0 Å². The highest BCUT2D eigenvalue weighted by Gasteiger charge is 2.33. The van der Waals surface area contributed by atoms with Crippen molar-refractivity contribution in [2.24, 2.45) is 5.92 Å². The largest absolute Gasteiger partial charge is 0.324 e. The van der Waals surface area contributed by atoms with Crippen molar-refractivity contribution in [2.45, 2.75) is 17.7 Å². The summed E-state index contributed by atoms with van der Waals surface area (Å²) in [6.07, 6.45) is 1.17. The zero-order chi connectivity index (χ0) is 20.5. The van der Waals surface area contributed by atoms with Gasteiger partial charge in [-0.2, -0.15) is 4.31 Å². The van der Waals surface area contributed by atoms with Crippen LogP contribution in [0.25, 0.3) is 0 Å². The van der Waals surface area contributed by atoms with Gasteiger partial charge in [0, 0.05) is 17.6 Å². The Morgan fingerprint density at radius 1 is 1.07 bits per heavy atom. The minimum atomic E-state index is -3.67. The molecule has 3 rings (SSSR count). The SMILES string of the molecule is O=C(Nc1cc(Cl)c(Cl)cc1Cl)[C@H]1CCCN(S(=O)(=O)c2ccc(Br)cc2)C1. The molecule has 1 aliphatic rings. The van der Waals surface area contributed by atoms with E-state index in [0.717, 1.165) is 4.47 Å². The minimum Gasteiger partial charge on any atom is -0.324 e. The molecule has 0 bridgehead atoms. The van der Waals surface area contributed by atoms with E-state index in [2.05, 4.69) is 21.2 Å². The van der Waals surface area contributed by atoms with Crippen molar-refractivity contribution >= 4 is 72.4 Å². The fourth-order valence-electron chi connectivity index (χ4n) is 2.98. The first kappa shape index (κ1) is 21.9. The van der Waals surface area contributed by atoms with Crippen molar-refractivity contribution < 1.29 is 13.2 Å². The molecule has 0 spiro atoms. The molecule has 2 aromatic carbocycles. The van der Waals surface area contributed by atoms with E-state index in [1.807, 2.05) is 0 Å². The van der Waals surface area contributed by atoms with Crippen LogP contribution >= 0.6 is 50.7 Å². The highest BCUT2D eigenvalue weighted by molar-refractivity contribution is 9.10. The molecule has 1 amide bonds. The van der Waals surface area contributed by atoms with Gasteiger partial charge >= 0.3 is 0 Å². The van der Waals surface area contributed by atoms with Gasteiger partial charge in [0.2, 0.25) is 15.9 Å². The van der Waals surface area contributed by atoms with Gasteiger partial charge in [0.1, 0.15) is 0 Å². The smallest absolute Gasteiger partial charge is 0.243 e. The van der Waals surface area contributed by atoms with E-state index >= 15 is 0 Å². The summed E-state index contributed by atoms with van der Waals surface area (Å²) in [5, 5.41) is 3.54. The van der Waals surface area contributed by atoms with Crippen LogP contribution in [0.5, 0.6) is 0 Å². The molecule has 1 atom stereocenters. The number of sulfonamides is 1. The van der Waals surface area contributed by atoms with Gasteiger partial charge in [-0.15, -0.1) is 0 Å². The number of rotatable bonds is 4. The zero-order valence-electron chi connectivity index (χ0n) is 14.5. The van der Waals surface area contributed by atoms with Crippen molar-refractivity contribution in [2.75, 3.05) is 18.4 Å². The summed E-state index contributed by atoms with van der Waals surface area (Å²) in [7, 11) is -3.67. The number of amides is 1. The predicted octanol–water partition coefficient (Wildman–Crippen LogP) is 5.45. The quantitative estimate of drug-likeness (QED) is 0.539. The Labute approximate surface area is 187 Å². The lowest BCUT2D eigenvalue weighted by molar-refractivity contribution is -0.120. The van der Waals surface area contributed by atoms with Gasteiger partial charge < -0.3 is 5.32 Å². The molecule has 10 heteroatoms. The van der Waals surface area contributed by atoms with E-state index in [0.29, 0.717) is 25.1 Å². The van der Waals surface area contributed by atoms with Crippen LogP contribution in [0.15, 0.2) is 45.8 Å². The van der Waals surface area contributed by atoms with Crippen LogP contribution < -0.4 is 5.32 Å². The van der Waals surface area contributed by atoms with Crippen molar-refractivity contribution in [3.63, 3.8) is 0 Å². The number of nitrogens with one attached hydrogen (secondary N) is 1. The van der Waals surface area contributed by atoms with E-state index in [1.54, 1.807) is 24.3 Å². The van der Waals surface area contributed by atoms with E-state index in [-0.39, 0.29) is 32.4 Å². The van der Waals surface area contributed by atoms with Crippen LogP contribution in [0.2, 0.25) is 15.1 Å². The van der Waals surface area contributed by atoms with Crippen LogP contribution in [0.1, 0.15) is 12.8 Å². The van der Waals surface area contributed by atoms with E-state index in [4.69, 9.17) is 34.8 Å².